The van der Waals surface area contributed by atoms with Gasteiger partial charge >= 0.3 is 11.9 Å². The normalized spacial score (nSPS) is 12.7. The van der Waals surface area contributed by atoms with Crippen LogP contribution in [0.1, 0.15) is 252 Å². The number of carbonyl (C=O) groups is 2. The molecule has 0 amide bonds. The van der Waals surface area contributed by atoms with Crippen LogP contribution in [0.4, 0.5) is 0 Å². The van der Waals surface area contributed by atoms with E-state index in [-0.39, 0.29) is 25.2 Å². The summed E-state index contributed by atoms with van der Waals surface area (Å²) in [6, 6.07) is 0. The Bertz CT molecular complexity index is 1040. The average Bonchev–Trinajstić information content (AvgIpc) is 3.25. The quantitative estimate of drug-likeness (QED) is 0.0347. The van der Waals surface area contributed by atoms with Crippen LogP contribution in [0, 0.1) is 0 Å². The molecule has 0 aromatic carbocycles. The van der Waals surface area contributed by atoms with Gasteiger partial charge < -0.3 is 14.2 Å². The topological polar surface area (TPSA) is 61.8 Å². The van der Waals surface area contributed by atoms with Gasteiger partial charge in [0.1, 0.15) is 6.61 Å². The summed E-state index contributed by atoms with van der Waals surface area (Å²) in [5, 5.41) is 0. The molecule has 1 atom stereocenters. The van der Waals surface area contributed by atoms with Crippen LogP contribution in [0.15, 0.2) is 60.8 Å². The second-order valence-corrected chi connectivity index (χ2v) is 17.1. The number of hydrogen-bond acceptors (Lipinski definition) is 5. The molecule has 0 spiro atoms. The standard InChI is InChI=1S/C55H98O5/c1-4-7-10-13-16-19-22-25-27-28-29-31-33-36-39-42-45-48-54(56)59-52-53(51-58-50-47-44-41-38-35-32-26-23-20-17-14-11-8-5-2)60-55(57)49-46-43-40-37-34-30-24-21-18-15-12-9-6-3/h7,10,16,19,25,27,29,31,36,39,53H,4-6,8-9,11-15,17-18,20-24,26,28,30,32-35,37-38,40-52H2,1-3H3/b10-7-,19-16-,27-25-,31-29-,39-36-. The van der Waals surface area contributed by atoms with E-state index in [9.17, 15) is 9.59 Å². The Morgan fingerprint density at radius 1 is 0.383 bits per heavy atom. The fourth-order valence-electron chi connectivity index (χ4n) is 7.25. The zero-order chi connectivity index (χ0) is 43.5. The van der Waals surface area contributed by atoms with Crippen molar-refractivity contribution in [2.45, 2.75) is 258 Å². The predicted molar refractivity (Wildman–Crippen MR) is 261 cm³/mol. The van der Waals surface area contributed by atoms with Gasteiger partial charge in [-0.25, -0.2) is 0 Å². The molecule has 0 aromatic heterocycles. The number of ether oxygens (including phenoxy) is 3. The SMILES string of the molecule is CC/C=C\C/C=C\C/C=C\C/C=C\C/C=C\CCCC(=O)OCC(COCCCCCCCCCCCCCCCC)OC(=O)CCCCCCCCCCCCCCC. The minimum atomic E-state index is -0.555. The van der Waals surface area contributed by atoms with Crippen LogP contribution in [0.25, 0.3) is 0 Å². The Balaban J connectivity index is 4.33. The largest absolute Gasteiger partial charge is 0.462 e. The summed E-state index contributed by atoms with van der Waals surface area (Å²) >= 11 is 0. The van der Waals surface area contributed by atoms with Crippen molar-refractivity contribution in [3.8, 4) is 0 Å². The highest BCUT2D eigenvalue weighted by molar-refractivity contribution is 5.70. The summed E-state index contributed by atoms with van der Waals surface area (Å²) < 4.78 is 17.4. The van der Waals surface area contributed by atoms with Crippen molar-refractivity contribution in [2.75, 3.05) is 19.8 Å². The lowest BCUT2D eigenvalue weighted by atomic mass is 10.0. The third-order valence-electron chi connectivity index (χ3n) is 11.1. The van der Waals surface area contributed by atoms with E-state index in [2.05, 4.69) is 81.5 Å². The van der Waals surface area contributed by atoms with Crippen LogP contribution in [-0.2, 0) is 23.8 Å². The Hall–Kier alpha value is -2.40. The van der Waals surface area contributed by atoms with Crippen LogP contribution in [0.3, 0.4) is 0 Å². The van der Waals surface area contributed by atoms with Crippen LogP contribution in [0.2, 0.25) is 0 Å². The predicted octanol–water partition coefficient (Wildman–Crippen LogP) is 17.3. The Labute approximate surface area is 373 Å². The summed E-state index contributed by atoms with van der Waals surface area (Å²) in [5.74, 6) is -0.454. The van der Waals surface area contributed by atoms with Crippen LogP contribution in [0.5, 0.6) is 0 Å². The maximum atomic E-state index is 12.8. The third kappa shape index (κ3) is 48.3. The number of allylic oxidation sites excluding steroid dienone is 10. The molecule has 60 heavy (non-hydrogen) atoms. The average molecular weight is 839 g/mol. The highest BCUT2D eigenvalue weighted by atomic mass is 16.6. The molecule has 5 heteroatoms. The molecule has 0 radical (unpaired) electrons. The van der Waals surface area contributed by atoms with Gasteiger partial charge in [-0.15, -0.1) is 0 Å². The first-order valence-corrected chi connectivity index (χ1v) is 25.8. The van der Waals surface area contributed by atoms with Crippen molar-refractivity contribution < 1.29 is 23.8 Å². The summed E-state index contributed by atoms with van der Waals surface area (Å²) in [7, 11) is 0. The summed E-state index contributed by atoms with van der Waals surface area (Å²) in [6.45, 7) is 7.69. The van der Waals surface area contributed by atoms with Gasteiger partial charge in [0, 0.05) is 19.4 Å². The van der Waals surface area contributed by atoms with Gasteiger partial charge in [-0.3, -0.25) is 9.59 Å². The van der Waals surface area contributed by atoms with E-state index in [1.807, 2.05) is 0 Å². The first kappa shape index (κ1) is 57.6. The molecule has 1 unspecified atom stereocenters. The van der Waals surface area contributed by atoms with Gasteiger partial charge in [-0.2, -0.15) is 0 Å². The molecule has 348 valence electrons. The molecule has 0 heterocycles. The zero-order valence-corrected chi connectivity index (χ0v) is 40.0. The van der Waals surface area contributed by atoms with Gasteiger partial charge in [0.15, 0.2) is 6.10 Å². The zero-order valence-electron chi connectivity index (χ0n) is 40.0. The molecular formula is C55H98O5. The smallest absolute Gasteiger partial charge is 0.306 e. The molecule has 0 saturated heterocycles. The molecule has 0 aliphatic heterocycles. The van der Waals surface area contributed by atoms with Gasteiger partial charge in [-0.1, -0.05) is 242 Å². The van der Waals surface area contributed by atoms with E-state index in [0.29, 0.717) is 19.4 Å². The fraction of sp³-hybridized carbons (Fsp3) is 0.782. The third-order valence-corrected chi connectivity index (χ3v) is 11.1. The molecule has 0 N–H and O–H groups in total. The number of esters is 2. The van der Waals surface area contributed by atoms with E-state index in [4.69, 9.17) is 14.2 Å². The molecule has 0 fully saturated rings. The van der Waals surface area contributed by atoms with Crippen molar-refractivity contribution in [3.05, 3.63) is 60.8 Å². The lowest BCUT2D eigenvalue weighted by molar-refractivity contribution is -0.163. The minimum Gasteiger partial charge on any atom is -0.462 e. The van der Waals surface area contributed by atoms with E-state index in [0.717, 1.165) is 70.6 Å². The van der Waals surface area contributed by atoms with Crippen LogP contribution < -0.4 is 0 Å². The monoisotopic (exact) mass is 839 g/mol. The Kier molecular flexibility index (Phi) is 48.9. The number of unbranched alkanes of at least 4 members (excludes halogenated alkanes) is 26. The van der Waals surface area contributed by atoms with Gasteiger partial charge in [0.25, 0.3) is 0 Å². The molecule has 0 saturated carbocycles. The first-order chi connectivity index (χ1) is 29.6. The molecule has 0 bridgehead atoms. The first-order valence-electron chi connectivity index (χ1n) is 25.8. The fourth-order valence-corrected chi connectivity index (χ4v) is 7.25. The molecular weight excluding hydrogens is 741 g/mol. The summed E-state index contributed by atoms with van der Waals surface area (Å²) in [4.78, 5) is 25.4. The van der Waals surface area contributed by atoms with Crippen LogP contribution >= 0.6 is 0 Å². The van der Waals surface area contributed by atoms with Gasteiger partial charge in [0.2, 0.25) is 0 Å². The Morgan fingerprint density at radius 2 is 0.750 bits per heavy atom. The second kappa shape index (κ2) is 51.0. The minimum absolute atomic E-state index is 0.0591. The lowest BCUT2D eigenvalue weighted by Crippen LogP contribution is -2.30. The van der Waals surface area contributed by atoms with E-state index >= 15 is 0 Å². The van der Waals surface area contributed by atoms with Crippen molar-refractivity contribution in [1.29, 1.82) is 0 Å². The number of hydrogen-bond donors (Lipinski definition) is 0. The van der Waals surface area contributed by atoms with Crippen molar-refractivity contribution in [3.63, 3.8) is 0 Å². The Morgan fingerprint density at radius 3 is 1.18 bits per heavy atom. The lowest BCUT2D eigenvalue weighted by Gasteiger charge is -2.18. The highest BCUT2D eigenvalue weighted by Gasteiger charge is 2.17. The molecule has 0 rings (SSSR count). The van der Waals surface area contributed by atoms with Crippen molar-refractivity contribution in [1.82, 2.24) is 0 Å². The van der Waals surface area contributed by atoms with Crippen molar-refractivity contribution >= 4 is 11.9 Å². The van der Waals surface area contributed by atoms with E-state index in [1.165, 1.54) is 148 Å². The molecule has 5 nitrogen and oxygen atoms in total. The second-order valence-electron chi connectivity index (χ2n) is 17.1. The summed E-state index contributed by atoms with van der Waals surface area (Å²) in [6.07, 6.45) is 63.7. The molecule has 0 aliphatic rings. The van der Waals surface area contributed by atoms with E-state index in [1.54, 1.807) is 0 Å². The number of carbonyl (C=O) groups excluding carboxylic acids is 2. The van der Waals surface area contributed by atoms with E-state index < -0.39 is 6.10 Å². The summed E-state index contributed by atoms with van der Waals surface area (Å²) in [5.41, 5.74) is 0. The number of rotatable bonds is 47. The van der Waals surface area contributed by atoms with Gasteiger partial charge in [0.05, 0.1) is 6.61 Å². The van der Waals surface area contributed by atoms with Crippen molar-refractivity contribution in [2.24, 2.45) is 0 Å². The maximum absolute atomic E-state index is 12.8. The molecule has 0 aliphatic carbocycles. The van der Waals surface area contributed by atoms with Crippen LogP contribution in [-0.4, -0.2) is 37.9 Å². The molecule has 0 aromatic rings. The highest BCUT2D eigenvalue weighted by Crippen LogP contribution is 2.15. The van der Waals surface area contributed by atoms with Gasteiger partial charge in [-0.05, 0) is 57.8 Å². The maximum Gasteiger partial charge on any atom is 0.306 e.